The Bertz CT molecular complexity index is 329. The topological polar surface area (TPSA) is 78.4 Å². The van der Waals surface area contributed by atoms with Crippen molar-refractivity contribution in [3.63, 3.8) is 0 Å². The molecule has 0 bridgehead atoms. The zero-order valence-electron chi connectivity index (χ0n) is 15.5. The summed E-state index contributed by atoms with van der Waals surface area (Å²) in [5.74, 6) is 0.575. The normalized spacial score (nSPS) is 18.6. The van der Waals surface area contributed by atoms with Crippen LogP contribution in [0.2, 0.25) is 0 Å². The molecule has 0 aromatic carbocycles. The largest absolute Gasteiger partial charge is 0.480 e. The van der Waals surface area contributed by atoms with E-state index in [0.29, 0.717) is 18.9 Å². The second-order valence-corrected chi connectivity index (χ2v) is 7.36. The van der Waals surface area contributed by atoms with Crippen molar-refractivity contribution >= 4 is 11.9 Å². The van der Waals surface area contributed by atoms with Gasteiger partial charge in [0.1, 0.15) is 6.04 Å². The SMILES string of the molecule is CC(C)CCCC(C)NCCC(C)C.O=C1CC[C@@H](C(=O)O)N1. The highest BCUT2D eigenvalue weighted by Crippen LogP contribution is 2.08. The predicted molar refractivity (Wildman–Crippen MR) is 94.4 cm³/mol. The lowest BCUT2D eigenvalue weighted by Gasteiger charge is -2.15. The minimum atomic E-state index is -0.944. The van der Waals surface area contributed by atoms with Gasteiger partial charge in [-0.15, -0.1) is 0 Å². The Morgan fingerprint density at radius 3 is 2.17 bits per heavy atom. The molecular weight excluding hydrogens is 292 g/mol. The second-order valence-electron chi connectivity index (χ2n) is 7.36. The highest BCUT2D eigenvalue weighted by Gasteiger charge is 2.26. The molecule has 1 fully saturated rings. The molecule has 1 rings (SSSR count). The summed E-state index contributed by atoms with van der Waals surface area (Å²) in [5.41, 5.74) is 0. The van der Waals surface area contributed by atoms with Crippen LogP contribution in [0.1, 0.15) is 73.1 Å². The summed E-state index contributed by atoms with van der Waals surface area (Å²) in [7, 11) is 0. The first-order valence-corrected chi connectivity index (χ1v) is 8.97. The van der Waals surface area contributed by atoms with Gasteiger partial charge < -0.3 is 15.7 Å². The third-order valence-electron chi connectivity index (χ3n) is 3.93. The van der Waals surface area contributed by atoms with Crippen molar-refractivity contribution in [3.8, 4) is 0 Å². The molecule has 23 heavy (non-hydrogen) atoms. The Balaban J connectivity index is 0.000000459. The Morgan fingerprint density at radius 2 is 1.78 bits per heavy atom. The Morgan fingerprint density at radius 1 is 1.17 bits per heavy atom. The molecule has 3 N–H and O–H groups in total. The third kappa shape index (κ3) is 13.1. The molecule has 1 amide bonds. The number of nitrogens with one attached hydrogen (secondary N) is 2. The number of carbonyl (C=O) groups excluding carboxylic acids is 1. The van der Waals surface area contributed by atoms with Gasteiger partial charge in [0.2, 0.25) is 5.91 Å². The van der Waals surface area contributed by atoms with Gasteiger partial charge in [0.15, 0.2) is 0 Å². The maximum absolute atomic E-state index is 10.4. The molecule has 0 radical (unpaired) electrons. The minimum Gasteiger partial charge on any atom is -0.480 e. The Kier molecular flexibility index (Phi) is 11.7. The van der Waals surface area contributed by atoms with Crippen LogP contribution in [-0.2, 0) is 9.59 Å². The smallest absolute Gasteiger partial charge is 0.326 e. The molecule has 0 aromatic rings. The van der Waals surface area contributed by atoms with E-state index in [2.05, 4.69) is 45.3 Å². The number of carboxylic acids is 1. The van der Waals surface area contributed by atoms with E-state index in [-0.39, 0.29) is 5.91 Å². The van der Waals surface area contributed by atoms with Crippen LogP contribution in [0.3, 0.4) is 0 Å². The number of rotatable bonds is 9. The number of carboxylic acid groups (broad SMARTS) is 1. The van der Waals surface area contributed by atoms with E-state index in [0.717, 1.165) is 11.8 Å². The maximum atomic E-state index is 10.4. The predicted octanol–water partition coefficient (Wildman–Crippen LogP) is 3.19. The number of amides is 1. The van der Waals surface area contributed by atoms with Gasteiger partial charge in [0.25, 0.3) is 0 Å². The van der Waals surface area contributed by atoms with Crippen molar-refractivity contribution in [2.45, 2.75) is 85.2 Å². The van der Waals surface area contributed by atoms with Gasteiger partial charge in [-0.1, -0.05) is 40.5 Å². The van der Waals surface area contributed by atoms with Crippen LogP contribution in [0.4, 0.5) is 0 Å². The maximum Gasteiger partial charge on any atom is 0.326 e. The fourth-order valence-corrected chi connectivity index (χ4v) is 2.35. The van der Waals surface area contributed by atoms with Crippen molar-refractivity contribution in [1.29, 1.82) is 0 Å². The molecule has 0 saturated carbocycles. The summed E-state index contributed by atoms with van der Waals surface area (Å²) in [5, 5.41) is 14.2. The lowest BCUT2D eigenvalue weighted by atomic mass is 10.0. The van der Waals surface area contributed by atoms with E-state index in [4.69, 9.17) is 5.11 Å². The van der Waals surface area contributed by atoms with Crippen LogP contribution in [-0.4, -0.2) is 35.6 Å². The van der Waals surface area contributed by atoms with Gasteiger partial charge >= 0.3 is 5.97 Å². The van der Waals surface area contributed by atoms with Gasteiger partial charge in [-0.05, 0) is 44.6 Å². The highest BCUT2D eigenvalue weighted by molar-refractivity contribution is 5.87. The van der Waals surface area contributed by atoms with E-state index in [1.54, 1.807) is 0 Å². The summed E-state index contributed by atoms with van der Waals surface area (Å²) in [6.07, 6.45) is 6.14. The van der Waals surface area contributed by atoms with Crippen LogP contribution in [0.5, 0.6) is 0 Å². The van der Waals surface area contributed by atoms with Crippen molar-refractivity contribution in [2.75, 3.05) is 6.54 Å². The van der Waals surface area contributed by atoms with E-state index < -0.39 is 12.0 Å². The molecule has 1 heterocycles. The molecule has 1 saturated heterocycles. The molecule has 1 unspecified atom stereocenters. The zero-order valence-corrected chi connectivity index (χ0v) is 15.5. The third-order valence-corrected chi connectivity index (χ3v) is 3.93. The van der Waals surface area contributed by atoms with Gasteiger partial charge in [-0.2, -0.15) is 0 Å². The van der Waals surface area contributed by atoms with Crippen molar-refractivity contribution in [2.24, 2.45) is 11.8 Å². The number of hydrogen-bond acceptors (Lipinski definition) is 3. The molecule has 2 atom stereocenters. The molecule has 1 aliphatic rings. The van der Waals surface area contributed by atoms with E-state index in [9.17, 15) is 9.59 Å². The van der Waals surface area contributed by atoms with E-state index in [1.165, 1.54) is 32.2 Å². The first-order chi connectivity index (χ1) is 10.7. The summed E-state index contributed by atoms with van der Waals surface area (Å²) in [6.45, 7) is 12.7. The van der Waals surface area contributed by atoms with Crippen molar-refractivity contribution in [3.05, 3.63) is 0 Å². The van der Waals surface area contributed by atoms with Crippen molar-refractivity contribution in [1.82, 2.24) is 10.6 Å². The Hall–Kier alpha value is -1.10. The number of carbonyl (C=O) groups is 2. The number of hydrogen-bond donors (Lipinski definition) is 3. The molecule has 0 aromatic heterocycles. The van der Waals surface area contributed by atoms with Crippen LogP contribution in [0.15, 0.2) is 0 Å². The molecule has 5 heteroatoms. The van der Waals surface area contributed by atoms with Crippen LogP contribution < -0.4 is 10.6 Å². The monoisotopic (exact) mass is 328 g/mol. The molecule has 136 valence electrons. The summed E-state index contributed by atoms with van der Waals surface area (Å²) >= 11 is 0. The molecular formula is C18H36N2O3. The highest BCUT2D eigenvalue weighted by atomic mass is 16.4. The van der Waals surface area contributed by atoms with Crippen LogP contribution in [0, 0.1) is 11.8 Å². The second kappa shape index (κ2) is 12.3. The van der Waals surface area contributed by atoms with Gasteiger partial charge in [-0.25, -0.2) is 4.79 Å². The quantitative estimate of drug-likeness (QED) is 0.607. The minimum absolute atomic E-state index is 0.164. The van der Waals surface area contributed by atoms with E-state index in [1.807, 2.05) is 0 Å². The summed E-state index contributed by atoms with van der Waals surface area (Å²) < 4.78 is 0. The Labute approximate surface area is 141 Å². The lowest BCUT2D eigenvalue weighted by molar-refractivity contribution is -0.140. The molecule has 1 aliphatic heterocycles. The van der Waals surface area contributed by atoms with Crippen LogP contribution >= 0.6 is 0 Å². The van der Waals surface area contributed by atoms with Gasteiger partial charge in [0, 0.05) is 12.5 Å². The van der Waals surface area contributed by atoms with E-state index >= 15 is 0 Å². The standard InChI is InChI=1S/C13H29N.C5H7NO3/c1-11(2)7-6-8-13(5)14-10-9-12(3)4;7-4-2-1-3(6-4)5(8)9/h11-14H,6-10H2,1-5H3;3H,1-2H2,(H,6,7)(H,8,9)/t;3-/m.0/s1. The number of aliphatic carboxylic acids is 1. The average molecular weight is 328 g/mol. The van der Waals surface area contributed by atoms with Crippen LogP contribution in [0.25, 0.3) is 0 Å². The van der Waals surface area contributed by atoms with Gasteiger partial charge in [-0.3, -0.25) is 4.79 Å². The first kappa shape index (κ1) is 21.9. The zero-order chi connectivity index (χ0) is 17.8. The first-order valence-electron chi connectivity index (χ1n) is 8.97. The molecule has 0 aliphatic carbocycles. The van der Waals surface area contributed by atoms with Crippen molar-refractivity contribution < 1.29 is 14.7 Å². The lowest BCUT2D eigenvalue weighted by Crippen LogP contribution is -2.32. The van der Waals surface area contributed by atoms with Gasteiger partial charge in [0.05, 0.1) is 0 Å². The fourth-order valence-electron chi connectivity index (χ4n) is 2.35. The average Bonchev–Trinajstić information content (AvgIpc) is 2.85. The fraction of sp³-hybridized carbons (Fsp3) is 0.889. The molecule has 0 spiro atoms. The summed E-state index contributed by atoms with van der Waals surface area (Å²) in [4.78, 5) is 20.5. The summed E-state index contributed by atoms with van der Waals surface area (Å²) in [6, 6.07) is 0.0602. The molecule has 5 nitrogen and oxygen atoms in total.